The topological polar surface area (TPSA) is 115 Å². The molecule has 0 spiro atoms. The second-order valence-corrected chi connectivity index (χ2v) is 6.25. The summed E-state index contributed by atoms with van der Waals surface area (Å²) in [6.07, 6.45) is 14.0. The third-order valence-electron chi connectivity index (χ3n) is 4.04. The summed E-state index contributed by atoms with van der Waals surface area (Å²) >= 11 is 0. The minimum absolute atomic E-state index is 0.00549. The molecule has 23 heavy (non-hydrogen) atoms. The van der Waals surface area contributed by atoms with Crippen molar-refractivity contribution in [3.8, 4) is 0 Å². The molecular weight excluding hydrogens is 288 g/mol. The van der Waals surface area contributed by atoms with E-state index in [0.717, 1.165) is 25.9 Å². The van der Waals surface area contributed by atoms with E-state index in [1.165, 1.54) is 57.8 Å². The van der Waals surface area contributed by atoms with Crippen molar-refractivity contribution in [1.29, 1.82) is 10.8 Å². The number of hydrogen-bond donors (Lipinski definition) is 5. The molecule has 0 amide bonds. The average molecular weight is 327 g/mol. The van der Waals surface area contributed by atoms with E-state index in [0.29, 0.717) is 6.54 Å². The molecule has 0 radical (unpaired) electrons. The van der Waals surface area contributed by atoms with E-state index in [-0.39, 0.29) is 11.9 Å². The summed E-state index contributed by atoms with van der Waals surface area (Å²) in [6, 6.07) is 0. The number of guanidine groups is 2. The van der Waals surface area contributed by atoms with Gasteiger partial charge in [-0.15, -0.1) is 0 Å². The Kier molecular flexibility index (Phi) is 14.5. The van der Waals surface area contributed by atoms with Gasteiger partial charge in [0.05, 0.1) is 0 Å². The molecule has 0 aliphatic carbocycles. The molecule has 0 aromatic heterocycles. The van der Waals surface area contributed by atoms with Gasteiger partial charge in [-0.25, -0.2) is 0 Å². The molecule has 0 aromatic carbocycles. The van der Waals surface area contributed by atoms with E-state index in [4.69, 9.17) is 22.3 Å². The van der Waals surface area contributed by atoms with Gasteiger partial charge < -0.3 is 21.7 Å². The summed E-state index contributed by atoms with van der Waals surface area (Å²) in [4.78, 5) is 1.91. The fraction of sp³-hybridized carbons (Fsp3) is 0.882. The second-order valence-electron chi connectivity index (χ2n) is 6.25. The van der Waals surface area contributed by atoms with E-state index < -0.39 is 0 Å². The molecule has 0 aliphatic heterocycles. The molecule has 0 atom stereocenters. The first-order valence-corrected chi connectivity index (χ1v) is 9.24. The molecule has 6 heteroatoms. The lowest BCUT2D eigenvalue weighted by atomic mass is 10.1. The number of nitrogens with two attached hydrogens (primary N) is 2. The van der Waals surface area contributed by atoms with Crippen LogP contribution in [0.2, 0.25) is 0 Å². The minimum Gasteiger partial charge on any atom is -0.370 e. The lowest BCUT2D eigenvalue weighted by molar-refractivity contribution is 0.386. The molecule has 0 rings (SSSR count). The second kappa shape index (κ2) is 15.4. The van der Waals surface area contributed by atoms with Gasteiger partial charge in [-0.2, -0.15) is 0 Å². The highest BCUT2D eigenvalue weighted by Crippen LogP contribution is 2.10. The predicted octanol–water partition coefficient (Wildman–Crippen LogP) is 2.98. The van der Waals surface area contributed by atoms with Crippen LogP contribution in [-0.4, -0.2) is 36.5 Å². The standard InChI is InChI=1S/C17H38N6/c1-2-3-4-5-6-7-8-9-10-11-14-23(17(20)21)15-12-13-22-16(18)19/h2-15H2,1H3,(H3,20,21)(H4,18,19,22). The number of unbranched alkanes of at least 4 members (excludes halogenated alkanes) is 9. The maximum atomic E-state index is 7.61. The van der Waals surface area contributed by atoms with Crippen LogP contribution < -0.4 is 16.8 Å². The molecule has 0 heterocycles. The number of nitrogens with zero attached hydrogens (tertiary/aromatic N) is 1. The SMILES string of the molecule is CCCCCCCCCCCCN(CCCNC(=N)N)C(=N)N. The lowest BCUT2D eigenvalue weighted by Gasteiger charge is -2.22. The predicted molar refractivity (Wildman–Crippen MR) is 99.9 cm³/mol. The van der Waals surface area contributed by atoms with Crippen LogP contribution in [0.4, 0.5) is 0 Å². The normalized spacial score (nSPS) is 10.5. The summed E-state index contributed by atoms with van der Waals surface area (Å²) in [5.41, 5.74) is 10.9. The Bertz CT molecular complexity index is 305. The van der Waals surface area contributed by atoms with Crippen LogP contribution >= 0.6 is 0 Å². The van der Waals surface area contributed by atoms with Gasteiger partial charge in [0.15, 0.2) is 11.9 Å². The summed E-state index contributed by atoms with van der Waals surface area (Å²) in [5.74, 6) is 0.137. The van der Waals surface area contributed by atoms with Crippen LogP contribution in [0.5, 0.6) is 0 Å². The Hall–Kier alpha value is -1.46. The fourth-order valence-electron chi connectivity index (χ4n) is 2.64. The highest BCUT2D eigenvalue weighted by atomic mass is 15.2. The Balaban J connectivity index is 3.50. The van der Waals surface area contributed by atoms with E-state index in [1.807, 2.05) is 4.90 Å². The van der Waals surface area contributed by atoms with Crippen molar-refractivity contribution < 1.29 is 0 Å². The zero-order valence-corrected chi connectivity index (χ0v) is 15.0. The van der Waals surface area contributed by atoms with Crippen molar-refractivity contribution in [3.63, 3.8) is 0 Å². The first-order chi connectivity index (χ1) is 11.1. The van der Waals surface area contributed by atoms with Gasteiger partial charge in [-0.1, -0.05) is 64.7 Å². The van der Waals surface area contributed by atoms with Crippen molar-refractivity contribution in [3.05, 3.63) is 0 Å². The van der Waals surface area contributed by atoms with Gasteiger partial charge in [0.2, 0.25) is 0 Å². The zero-order valence-electron chi connectivity index (χ0n) is 15.0. The molecule has 0 aliphatic rings. The molecule has 136 valence electrons. The maximum Gasteiger partial charge on any atom is 0.188 e. The Labute approximate surface area is 142 Å². The van der Waals surface area contributed by atoms with Crippen molar-refractivity contribution >= 4 is 11.9 Å². The molecule has 0 saturated carbocycles. The molecule has 6 nitrogen and oxygen atoms in total. The van der Waals surface area contributed by atoms with Gasteiger partial charge in [-0.3, -0.25) is 10.8 Å². The molecule has 7 N–H and O–H groups in total. The highest BCUT2D eigenvalue weighted by molar-refractivity contribution is 5.75. The third kappa shape index (κ3) is 15.2. The molecule has 0 bridgehead atoms. The Morgan fingerprint density at radius 2 is 1.26 bits per heavy atom. The smallest absolute Gasteiger partial charge is 0.188 e. The van der Waals surface area contributed by atoms with Crippen molar-refractivity contribution in [2.24, 2.45) is 11.5 Å². The summed E-state index contributed by atoms with van der Waals surface area (Å²) < 4.78 is 0. The quantitative estimate of drug-likeness (QED) is 0.181. The fourth-order valence-corrected chi connectivity index (χ4v) is 2.64. The number of nitrogens with one attached hydrogen (secondary N) is 3. The molecule has 0 unspecified atom stereocenters. The summed E-state index contributed by atoms with van der Waals surface area (Å²) in [5, 5.41) is 17.5. The van der Waals surface area contributed by atoms with Gasteiger partial charge >= 0.3 is 0 Å². The van der Waals surface area contributed by atoms with Crippen LogP contribution in [0.15, 0.2) is 0 Å². The lowest BCUT2D eigenvalue weighted by Crippen LogP contribution is -2.39. The Morgan fingerprint density at radius 1 is 0.783 bits per heavy atom. The summed E-state index contributed by atoms with van der Waals surface area (Å²) in [7, 11) is 0. The minimum atomic E-state index is -0.00549. The van der Waals surface area contributed by atoms with Gasteiger partial charge in [-0.05, 0) is 12.8 Å². The largest absolute Gasteiger partial charge is 0.370 e. The van der Waals surface area contributed by atoms with Crippen LogP contribution in [0.3, 0.4) is 0 Å². The molecule has 0 fully saturated rings. The third-order valence-corrected chi connectivity index (χ3v) is 4.04. The van der Waals surface area contributed by atoms with E-state index in [1.54, 1.807) is 0 Å². The maximum absolute atomic E-state index is 7.61. The van der Waals surface area contributed by atoms with Crippen LogP contribution in [0, 0.1) is 10.8 Å². The number of rotatable bonds is 15. The first-order valence-electron chi connectivity index (χ1n) is 9.24. The number of hydrogen-bond acceptors (Lipinski definition) is 2. The van der Waals surface area contributed by atoms with Gasteiger partial charge in [0, 0.05) is 19.6 Å². The van der Waals surface area contributed by atoms with E-state index in [9.17, 15) is 0 Å². The van der Waals surface area contributed by atoms with Gasteiger partial charge in [0.1, 0.15) is 0 Å². The zero-order chi connectivity index (χ0) is 17.3. The molecule has 0 saturated heterocycles. The van der Waals surface area contributed by atoms with Crippen LogP contribution in [0.25, 0.3) is 0 Å². The van der Waals surface area contributed by atoms with E-state index >= 15 is 0 Å². The first kappa shape index (κ1) is 21.5. The molecule has 0 aromatic rings. The summed E-state index contributed by atoms with van der Waals surface area (Å²) in [6.45, 7) is 4.50. The van der Waals surface area contributed by atoms with Crippen molar-refractivity contribution in [1.82, 2.24) is 10.2 Å². The van der Waals surface area contributed by atoms with Crippen LogP contribution in [0.1, 0.15) is 77.6 Å². The Morgan fingerprint density at radius 3 is 1.74 bits per heavy atom. The van der Waals surface area contributed by atoms with Crippen molar-refractivity contribution in [2.75, 3.05) is 19.6 Å². The molecular formula is C17H38N6. The highest BCUT2D eigenvalue weighted by Gasteiger charge is 2.05. The van der Waals surface area contributed by atoms with Crippen molar-refractivity contribution in [2.45, 2.75) is 77.6 Å². The van der Waals surface area contributed by atoms with E-state index in [2.05, 4.69) is 12.2 Å². The monoisotopic (exact) mass is 326 g/mol. The van der Waals surface area contributed by atoms with Crippen LogP contribution in [-0.2, 0) is 0 Å². The van der Waals surface area contributed by atoms with Gasteiger partial charge in [0.25, 0.3) is 0 Å². The average Bonchev–Trinajstić information content (AvgIpc) is 2.50.